The summed E-state index contributed by atoms with van der Waals surface area (Å²) in [6.07, 6.45) is 0. The Morgan fingerprint density at radius 1 is 1.12 bits per heavy atom. The van der Waals surface area contributed by atoms with Crippen LogP contribution in [0, 0.1) is 0 Å². The van der Waals surface area contributed by atoms with E-state index in [0.29, 0.717) is 0 Å². The number of nitrogens with zero attached hydrogens (tertiary/aromatic N) is 1. The Balaban J connectivity index is 3.10. The zero-order valence-electron chi connectivity index (χ0n) is 9.08. The van der Waals surface area contributed by atoms with Crippen LogP contribution in [-0.2, 0) is 24.9 Å². The molecule has 0 bridgehead atoms. The number of hydrogen-bond acceptors (Lipinski definition) is 5. The smallest absolute Gasteiger partial charge is 0.286 e. The molecule has 0 aromatic carbocycles. The van der Waals surface area contributed by atoms with Gasteiger partial charge in [0.1, 0.15) is 0 Å². The van der Waals surface area contributed by atoms with E-state index in [1.807, 2.05) is 0 Å². The van der Waals surface area contributed by atoms with Crippen LogP contribution in [-0.4, -0.2) is 56.1 Å². The SMILES string of the molecule is CC(C)(S(=O)(=O)O)S(=O)(=O)N1CCOCC1. The number of rotatable bonds is 3. The molecular weight excluding hydrogens is 258 g/mol. The molecule has 0 aromatic heterocycles. The summed E-state index contributed by atoms with van der Waals surface area (Å²) in [5, 5.41) is 0. The summed E-state index contributed by atoms with van der Waals surface area (Å²) in [6, 6.07) is 0. The van der Waals surface area contributed by atoms with Crippen LogP contribution in [0.4, 0.5) is 0 Å². The molecule has 0 aromatic rings. The van der Waals surface area contributed by atoms with Gasteiger partial charge in [0.15, 0.2) is 0 Å². The second kappa shape index (κ2) is 4.22. The van der Waals surface area contributed by atoms with E-state index in [4.69, 9.17) is 9.29 Å². The highest BCUT2D eigenvalue weighted by Gasteiger charge is 2.49. The molecule has 1 heterocycles. The van der Waals surface area contributed by atoms with Gasteiger partial charge in [-0.1, -0.05) is 0 Å². The van der Waals surface area contributed by atoms with Gasteiger partial charge in [-0.2, -0.15) is 12.7 Å². The average Bonchev–Trinajstić information content (AvgIpc) is 2.17. The monoisotopic (exact) mass is 273 g/mol. The first-order valence-corrected chi connectivity index (χ1v) is 7.53. The molecule has 0 amide bonds. The molecule has 9 heteroatoms. The Kier molecular flexibility index (Phi) is 3.65. The minimum Gasteiger partial charge on any atom is -0.379 e. The van der Waals surface area contributed by atoms with Gasteiger partial charge in [-0.05, 0) is 13.8 Å². The van der Waals surface area contributed by atoms with Crippen molar-refractivity contribution >= 4 is 20.1 Å². The third-order valence-corrected chi connectivity index (χ3v) is 7.35. The van der Waals surface area contributed by atoms with Gasteiger partial charge in [-0.15, -0.1) is 0 Å². The van der Waals surface area contributed by atoms with Crippen LogP contribution in [0.2, 0.25) is 0 Å². The van der Waals surface area contributed by atoms with Crippen LogP contribution in [0.1, 0.15) is 13.8 Å². The number of hydrogen-bond donors (Lipinski definition) is 1. The van der Waals surface area contributed by atoms with Gasteiger partial charge in [0.05, 0.1) is 13.2 Å². The Morgan fingerprint density at radius 3 is 1.94 bits per heavy atom. The summed E-state index contributed by atoms with van der Waals surface area (Å²) >= 11 is 0. The highest BCUT2D eigenvalue weighted by atomic mass is 32.3. The van der Waals surface area contributed by atoms with E-state index in [2.05, 4.69) is 0 Å². The molecule has 0 atom stereocenters. The van der Waals surface area contributed by atoms with Crippen LogP contribution < -0.4 is 0 Å². The summed E-state index contributed by atoms with van der Waals surface area (Å²) in [5.41, 5.74) is 0. The minimum atomic E-state index is -4.68. The van der Waals surface area contributed by atoms with Gasteiger partial charge in [0.2, 0.25) is 14.1 Å². The Bertz CT molecular complexity index is 445. The fourth-order valence-corrected chi connectivity index (χ4v) is 3.86. The van der Waals surface area contributed by atoms with Gasteiger partial charge in [0.25, 0.3) is 10.1 Å². The van der Waals surface area contributed by atoms with Gasteiger partial charge in [-0.3, -0.25) is 4.55 Å². The first-order valence-electron chi connectivity index (χ1n) is 4.65. The van der Waals surface area contributed by atoms with E-state index < -0.39 is 24.2 Å². The predicted octanol–water partition coefficient (Wildman–Crippen LogP) is -0.728. The lowest BCUT2D eigenvalue weighted by atomic mass is 10.5. The lowest BCUT2D eigenvalue weighted by Gasteiger charge is -2.32. The lowest BCUT2D eigenvalue weighted by molar-refractivity contribution is 0.0724. The molecule has 0 saturated carbocycles. The molecule has 16 heavy (non-hydrogen) atoms. The summed E-state index contributed by atoms with van der Waals surface area (Å²) in [6.45, 7) is 2.57. The van der Waals surface area contributed by atoms with Crippen LogP contribution >= 0.6 is 0 Å². The van der Waals surface area contributed by atoms with Crippen molar-refractivity contribution in [2.24, 2.45) is 0 Å². The molecule has 0 aliphatic carbocycles. The molecule has 0 spiro atoms. The zero-order chi connectivity index (χ0) is 12.6. The molecular formula is C7H15NO6S2. The van der Waals surface area contributed by atoms with E-state index in [1.165, 1.54) is 0 Å². The molecule has 7 nitrogen and oxygen atoms in total. The summed E-state index contributed by atoms with van der Waals surface area (Å²) in [4.78, 5) is 0. The van der Waals surface area contributed by atoms with Crippen molar-refractivity contribution in [2.45, 2.75) is 17.9 Å². The van der Waals surface area contributed by atoms with Crippen LogP contribution in [0.15, 0.2) is 0 Å². The molecule has 96 valence electrons. The molecule has 1 N–H and O–H groups in total. The van der Waals surface area contributed by atoms with Crippen molar-refractivity contribution in [3.8, 4) is 0 Å². The predicted molar refractivity (Wildman–Crippen MR) is 56.9 cm³/mol. The fraction of sp³-hybridized carbons (Fsp3) is 1.00. The second-order valence-corrected chi connectivity index (χ2v) is 8.61. The van der Waals surface area contributed by atoms with E-state index in [-0.39, 0.29) is 26.3 Å². The van der Waals surface area contributed by atoms with E-state index in [0.717, 1.165) is 18.2 Å². The molecule has 0 unspecified atom stereocenters. The van der Waals surface area contributed by atoms with Crippen LogP contribution in [0.5, 0.6) is 0 Å². The first-order chi connectivity index (χ1) is 7.11. The van der Waals surface area contributed by atoms with Crippen molar-refractivity contribution < 1.29 is 26.1 Å². The number of morpholine rings is 1. The minimum absolute atomic E-state index is 0.0985. The third-order valence-electron chi connectivity index (χ3n) is 2.55. The highest BCUT2D eigenvalue weighted by molar-refractivity contribution is 8.06. The van der Waals surface area contributed by atoms with Gasteiger partial charge in [0, 0.05) is 13.1 Å². The van der Waals surface area contributed by atoms with Crippen molar-refractivity contribution in [2.75, 3.05) is 26.3 Å². The van der Waals surface area contributed by atoms with Crippen LogP contribution in [0.25, 0.3) is 0 Å². The maximum Gasteiger partial charge on any atom is 0.286 e. The second-order valence-electron chi connectivity index (χ2n) is 3.89. The van der Waals surface area contributed by atoms with Gasteiger partial charge in [-0.25, -0.2) is 8.42 Å². The molecule has 1 aliphatic heterocycles. The van der Waals surface area contributed by atoms with Crippen LogP contribution in [0.3, 0.4) is 0 Å². The lowest BCUT2D eigenvalue weighted by Crippen LogP contribution is -2.52. The van der Waals surface area contributed by atoms with Gasteiger partial charge < -0.3 is 4.74 Å². The van der Waals surface area contributed by atoms with Crippen molar-refractivity contribution in [1.82, 2.24) is 4.31 Å². The standard InChI is InChI=1S/C7H15NO6S2/c1-7(2,16(11,12)13)15(9,10)8-3-5-14-6-4-8/h3-6H2,1-2H3,(H,11,12,13). The topological polar surface area (TPSA) is 101 Å². The van der Waals surface area contributed by atoms with Gasteiger partial charge >= 0.3 is 0 Å². The normalized spacial score (nSPS) is 20.9. The molecule has 1 saturated heterocycles. The van der Waals surface area contributed by atoms with E-state index >= 15 is 0 Å². The Labute approximate surface area is 95.2 Å². The Hall–Kier alpha value is -0.220. The van der Waals surface area contributed by atoms with E-state index in [1.54, 1.807) is 0 Å². The molecule has 1 rings (SSSR count). The number of sulfonamides is 1. The van der Waals surface area contributed by atoms with E-state index in [9.17, 15) is 16.8 Å². The third kappa shape index (κ3) is 2.23. The first kappa shape index (κ1) is 13.8. The zero-order valence-corrected chi connectivity index (χ0v) is 10.7. The quantitative estimate of drug-likeness (QED) is 0.680. The Morgan fingerprint density at radius 2 is 1.56 bits per heavy atom. The number of ether oxygens (including phenoxy) is 1. The molecule has 0 radical (unpaired) electrons. The largest absolute Gasteiger partial charge is 0.379 e. The summed E-state index contributed by atoms with van der Waals surface area (Å²) in [5.74, 6) is 0. The molecule has 1 aliphatic rings. The summed E-state index contributed by atoms with van der Waals surface area (Å²) < 4.78 is 58.8. The molecule has 1 fully saturated rings. The maximum atomic E-state index is 12.0. The maximum absolute atomic E-state index is 12.0. The highest BCUT2D eigenvalue weighted by Crippen LogP contribution is 2.26. The van der Waals surface area contributed by atoms with Crippen molar-refractivity contribution in [3.05, 3.63) is 0 Å². The average molecular weight is 273 g/mol. The summed E-state index contributed by atoms with van der Waals surface area (Å²) in [7, 11) is -8.78. The van der Waals surface area contributed by atoms with Crippen molar-refractivity contribution in [1.29, 1.82) is 0 Å². The fourth-order valence-electron chi connectivity index (χ4n) is 1.23. The van der Waals surface area contributed by atoms with Crippen molar-refractivity contribution in [3.63, 3.8) is 0 Å².